The average Bonchev–Trinajstić information content (AvgIpc) is 2.96. The first-order valence-corrected chi connectivity index (χ1v) is 15.7. The molecule has 0 aliphatic rings. The fraction of sp³-hybridized carbons (Fsp3) is 0.242. The van der Waals surface area contributed by atoms with E-state index in [-0.39, 0.29) is 19.2 Å². The largest absolute Gasteiger partial charge is 0.378 e. The summed E-state index contributed by atoms with van der Waals surface area (Å²) in [5, 5.41) is 4.22. The van der Waals surface area contributed by atoms with E-state index in [4.69, 9.17) is 0 Å². The molecular formula is C33H35F4N4OP. The average molecular weight is 611 g/mol. The van der Waals surface area contributed by atoms with Gasteiger partial charge in [-0.1, -0.05) is 38.3 Å². The van der Waals surface area contributed by atoms with Crippen molar-refractivity contribution in [2.75, 3.05) is 18.6 Å². The molecule has 43 heavy (non-hydrogen) atoms. The standard InChI is InChI=1S/C33H35F4N4OP/c1-21-15-27(35)16-24(22(2)40-30-13-10-26(34)17-29(30)32(36)37)9-14-31(41(4)33(21)42)25(19-38-3)20-39-18-23-7-11-28(12-8-23)43(5)6/h7-17,19-20,22,32,40H,3,18H2,1-2,4-6H3/b21-15?,24-9?,25-19+,27-16?,31-14?,39-20?/t22-/m1/s1. The number of halogens is 4. The maximum Gasteiger partial charge on any atom is 0.265 e. The second-order valence-corrected chi connectivity index (χ2v) is 12.4. The number of aryl methyl sites for hydroxylation is 1. The summed E-state index contributed by atoms with van der Waals surface area (Å²) in [5.41, 5.74) is 1.47. The normalized spacial score (nSPS) is 12.5. The van der Waals surface area contributed by atoms with Crippen molar-refractivity contribution in [2.45, 2.75) is 32.9 Å². The van der Waals surface area contributed by atoms with Gasteiger partial charge < -0.3 is 9.88 Å². The molecule has 3 aromatic rings. The van der Waals surface area contributed by atoms with E-state index in [1.54, 1.807) is 32.3 Å². The molecule has 1 N–H and O–H groups in total. The SMILES string of the molecule is C=N/C=C(\C=NCc1ccc(P(C)C)cc1)c1ccc([C@@H](C)Nc2ccc(F)cc2C(F)F)cc(F)cc(C)c(=O)n1C. The minimum absolute atomic E-state index is 0.0185. The van der Waals surface area contributed by atoms with Crippen LogP contribution in [-0.4, -0.2) is 30.8 Å². The third-order valence-electron chi connectivity index (χ3n) is 6.70. The van der Waals surface area contributed by atoms with Crippen molar-refractivity contribution in [1.82, 2.24) is 4.57 Å². The number of rotatable bonds is 10. The second-order valence-electron chi connectivity index (χ2n) is 10.1. The summed E-state index contributed by atoms with van der Waals surface area (Å²) >= 11 is 0. The van der Waals surface area contributed by atoms with Gasteiger partial charge in [0.05, 0.1) is 12.2 Å². The first-order valence-electron chi connectivity index (χ1n) is 13.4. The van der Waals surface area contributed by atoms with Gasteiger partial charge in [-0.05, 0) is 86.7 Å². The fourth-order valence-corrected chi connectivity index (χ4v) is 5.06. The lowest BCUT2D eigenvalue weighted by Gasteiger charge is -2.18. The van der Waals surface area contributed by atoms with Crippen LogP contribution < -0.4 is 16.2 Å². The first-order chi connectivity index (χ1) is 20.4. The molecule has 10 heteroatoms. The molecule has 0 unspecified atom stereocenters. The Bertz CT molecular complexity index is 1630. The number of nitrogens with one attached hydrogen (secondary N) is 1. The predicted octanol–water partition coefficient (Wildman–Crippen LogP) is 7.89. The number of benzene rings is 2. The molecular weight excluding hydrogens is 575 g/mol. The highest BCUT2D eigenvalue weighted by Crippen LogP contribution is 2.30. The van der Waals surface area contributed by atoms with Crippen LogP contribution in [0.15, 0.2) is 87.7 Å². The van der Waals surface area contributed by atoms with Crippen LogP contribution in [0.25, 0.3) is 5.57 Å². The van der Waals surface area contributed by atoms with Crippen LogP contribution in [0.5, 0.6) is 0 Å². The maximum absolute atomic E-state index is 15.0. The molecule has 1 atom stereocenters. The summed E-state index contributed by atoms with van der Waals surface area (Å²) in [5.74, 6) is -1.48. The van der Waals surface area contributed by atoms with Gasteiger partial charge in [0.25, 0.3) is 12.0 Å². The van der Waals surface area contributed by atoms with Crippen molar-refractivity contribution in [3.05, 3.63) is 123 Å². The van der Waals surface area contributed by atoms with E-state index >= 15 is 0 Å². The van der Waals surface area contributed by atoms with Crippen LogP contribution in [0.3, 0.4) is 0 Å². The molecule has 3 rings (SSSR count). The van der Waals surface area contributed by atoms with Gasteiger partial charge in [0.2, 0.25) is 0 Å². The summed E-state index contributed by atoms with van der Waals surface area (Å²) in [6.45, 7) is 11.5. The van der Waals surface area contributed by atoms with Gasteiger partial charge in [0, 0.05) is 47.9 Å². The quantitative estimate of drug-likeness (QED) is 0.144. The van der Waals surface area contributed by atoms with E-state index in [0.29, 0.717) is 23.4 Å². The predicted molar refractivity (Wildman–Crippen MR) is 172 cm³/mol. The Hall–Kier alpha value is -4.10. The van der Waals surface area contributed by atoms with Gasteiger partial charge in [-0.25, -0.2) is 17.6 Å². The van der Waals surface area contributed by atoms with E-state index in [1.807, 2.05) is 12.1 Å². The zero-order chi connectivity index (χ0) is 31.7. The molecule has 5 nitrogen and oxygen atoms in total. The third kappa shape index (κ3) is 9.19. The van der Waals surface area contributed by atoms with E-state index in [0.717, 1.165) is 23.8 Å². The second kappa shape index (κ2) is 15.4. The van der Waals surface area contributed by atoms with Crippen LogP contribution in [0.4, 0.5) is 23.2 Å². The van der Waals surface area contributed by atoms with E-state index < -0.39 is 35.2 Å². The van der Waals surface area contributed by atoms with Crippen molar-refractivity contribution >= 4 is 37.4 Å². The summed E-state index contributed by atoms with van der Waals surface area (Å²) in [6, 6.07) is 16.1. The number of nitrogens with zero attached hydrogens (tertiary/aromatic N) is 3. The number of anilines is 1. The highest BCUT2D eigenvalue weighted by atomic mass is 31.1. The molecule has 226 valence electrons. The summed E-state index contributed by atoms with van der Waals surface area (Å²) in [6.07, 6.45) is 0.141. The monoisotopic (exact) mass is 610 g/mol. The van der Waals surface area contributed by atoms with Gasteiger partial charge in [-0.3, -0.25) is 14.8 Å². The number of hydrogen-bond donors (Lipinski definition) is 1. The van der Waals surface area contributed by atoms with E-state index in [2.05, 4.69) is 47.5 Å². The lowest BCUT2D eigenvalue weighted by atomic mass is 10.1. The van der Waals surface area contributed by atoms with Crippen molar-refractivity contribution < 1.29 is 17.6 Å². The van der Waals surface area contributed by atoms with Gasteiger partial charge >= 0.3 is 0 Å². The number of alkyl halides is 2. The highest BCUT2D eigenvalue weighted by molar-refractivity contribution is 7.64. The third-order valence-corrected chi connectivity index (χ3v) is 8.03. The molecule has 0 bridgehead atoms. The van der Waals surface area contributed by atoms with Gasteiger partial charge in [0.1, 0.15) is 11.6 Å². The van der Waals surface area contributed by atoms with Crippen LogP contribution in [0.2, 0.25) is 0 Å². The van der Waals surface area contributed by atoms with Gasteiger partial charge in [0.15, 0.2) is 0 Å². The lowest BCUT2D eigenvalue weighted by molar-refractivity contribution is 0.151. The van der Waals surface area contributed by atoms with Crippen molar-refractivity contribution in [2.24, 2.45) is 17.0 Å². The lowest BCUT2D eigenvalue weighted by Crippen LogP contribution is -2.20. The van der Waals surface area contributed by atoms with E-state index in [1.165, 1.54) is 35.1 Å². The molecule has 0 amide bonds. The smallest absolute Gasteiger partial charge is 0.265 e. The Morgan fingerprint density at radius 3 is 2.35 bits per heavy atom. The van der Waals surface area contributed by atoms with Crippen molar-refractivity contribution in [3.8, 4) is 0 Å². The minimum Gasteiger partial charge on any atom is -0.378 e. The zero-order valence-electron chi connectivity index (χ0n) is 24.8. The molecule has 0 fully saturated rings. The number of aliphatic imine (C=N–C) groups is 2. The Kier molecular flexibility index (Phi) is 12.0. The number of allylic oxidation sites excluding steroid dienone is 1. The van der Waals surface area contributed by atoms with Gasteiger partial charge in [-0.15, -0.1) is 0 Å². The molecule has 0 spiro atoms. The topological polar surface area (TPSA) is 58.8 Å². The van der Waals surface area contributed by atoms with Crippen molar-refractivity contribution in [3.63, 3.8) is 0 Å². The summed E-state index contributed by atoms with van der Waals surface area (Å²) in [7, 11) is 1.35. The Balaban J connectivity index is 2.09. The van der Waals surface area contributed by atoms with Crippen LogP contribution in [0, 0.1) is 18.6 Å². The number of aromatic nitrogens is 1. The van der Waals surface area contributed by atoms with Crippen molar-refractivity contribution in [1.29, 1.82) is 0 Å². The van der Waals surface area contributed by atoms with E-state index in [9.17, 15) is 22.4 Å². The Labute approximate surface area is 250 Å². The highest BCUT2D eigenvalue weighted by Gasteiger charge is 2.16. The maximum atomic E-state index is 15.0. The fourth-order valence-electron chi connectivity index (χ4n) is 4.31. The van der Waals surface area contributed by atoms with Crippen LogP contribution in [0.1, 0.15) is 47.3 Å². The molecule has 0 aliphatic heterocycles. The Morgan fingerprint density at radius 2 is 1.72 bits per heavy atom. The minimum atomic E-state index is -2.92. The zero-order valence-corrected chi connectivity index (χ0v) is 25.7. The van der Waals surface area contributed by atoms with Gasteiger partial charge in [-0.2, -0.15) is 0 Å². The number of hydrogen-bond acceptors (Lipinski definition) is 4. The molecule has 0 radical (unpaired) electrons. The summed E-state index contributed by atoms with van der Waals surface area (Å²) < 4.78 is 57.2. The summed E-state index contributed by atoms with van der Waals surface area (Å²) in [4.78, 5) is 21.6. The molecule has 0 saturated carbocycles. The molecule has 2 aromatic carbocycles. The molecule has 1 aromatic heterocycles. The Morgan fingerprint density at radius 1 is 1.02 bits per heavy atom. The van der Waals surface area contributed by atoms with Crippen LogP contribution in [-0.2, 0) is 13.6 Å². The molecule has 0 saturated heterocycles. The molecule has 0 aliphatic carbocycles. The molecule has 1 heterocycles. The first kappa shape index (κ1) is 33.4. The van der Waals surface area contributed by atoms with Crippen LogP contribution >= 0.6 is 7.92 Å².